The van der Waals surface area contributed by atoms with Gasteiger partial charge in [0.25, 0.3) is 0 Å². The first-order valence-electron chi connectivity index (χ1n) is 10.2. The highest BCUT2D eigenvalue weighted by atomic mass is 16.4. The number of aliphatic carboxylic acids is 1. The number of rotatable bonds is 16. The predicted octanol–water partition coefficient (Wildman–Crippen LogP) is 7.07. The van der Waals surface area contributed by atoms with Gasteiger partial charge in [0.2, 0.25) is 0 Å². The van der Waals surface area contributed by atoms with Crippen molar-refractivity contribution in [1.82, 2.24) is 0 Å². The van der Waals surface area contributed by atoms with Gasteiger partial charge in [0, 0.05) is 6.42 Å². The van der Waals surface area contributed by atoms with Gasteiger partial charge in [-0.1, -0.05) is 98.3 Å². The number of hydrogen-bond donors (Lipinski definition) is 1. The number of carboxylic acid groups (broad SMARTS) is 1. The van der Waals surface area contributed by atoms with Crippen LogP contribution in [0.3, 0.4) is 0 Å². The zero-order valence-electron chi connectivity index (χ0n) is 16.3. The van der Waals surface area contributed by atoms with Crippen LogP contribution in [0, 0.1) is 17.8 Å². The fourth-order valence-corrected chi connectivity index (χ4v) is 3.11. The first-order valence-corrected chi connectivity index (χ1v) is 10.2. The van der Waals surface area contributed by atoms with Gasteiger partial charge < -0.3 is 5.11 Å². The van der Waals surface area contributed by atoms with Gasteiger partial charge in [-0.05, 0) is 24.2 Å². The van der Waals surface area contributed by atoms with Crippen molar-refractivity contribution in [3.8, 4) is 0 Å². The summed E-state index contributed by atoms with van der Waals surface area (Å²) in [6.45, 7) is 9.50. The lowest BCUT2D eigenvalue weighted by Gasteiger charge is -2.17. The maximum atomic E-state index is 10.4. The van der Waals surface area contributed by atoms with Crippen LogP contribution in [0.25, 0.3) is 0 Å². The Morgan fingerprint density at radius 1 is 0.696 bits per heavy atom. The zero-order chi connectivity index (χ0) is 17.5. The summed E-state index contributed by atoms with van der Waals surface area (Å²) in [4.78, 5) is 10.4. The lowest BCUT2D eigenvalue weighted by atomic mass is 9.89. The maximum absolute atomic E-state index is 10.4. The summed E-state index contributed by atoms with van der Waals surface area (Å²) in [7, 11) is 0. The van der Waals surface area contributed by atoms with Crippen molar-refractivity contribution in [2.75, 3.05) is 0 Å². The summed E-state index contributed by atoms with van der Waals surface area (Å²) in [6, 6.07) is 0. The van der Waals surface area contributed by atoms with Crippen molar-refractivity contribution < 1.29 is 9.90 Å². The van der Waals surface area contributed by atoms with Crippen molar-refractivity contribution in [1.29, 1.82) is 0 Å². The van der Waals surface area contributed by atoms with E-state index >= 15 is 0 Å². The third-order valence-corrected chi connectivity index (χ3v) is 5.34. The van der Waals surface area contributed by atoms with Crippen LogP contribution in [0.5, 0.6) is 0 Å². The lowest BCUT2D eigenvalue weighted by Crippen LogP contribution is -2.03. The van der Waals surface area contributed by atoms with E-state index < -0.39 is 5.97 Å². The molecule has 0 radical (unpaired) electrons. The number of hydrogen-bond acceptors (Lipinski definition) is 1. The van der Waals surface area contributed by atoms with E-state index in [4.69, 9.17) is 5.11 Å². The van der Waals surface area contributed by atoms with Crippen LogP contribution < -0.4 is 0 Å². The fourth-order valence-electron chi connectivity index (χ4n) is 3.11. The summed E-state index contributed by atoms with van der Waals surface area (Å²) < 4.78 is 0. The summed E-state index contributed by atoms with van der Waals surface area (Å²) in [5.74, 6) is 2.00. The zero-order valence-corrected chi connectivity index (χ0v) is 16.3. The molecule has 0 aliphatic rings. The molecule has 0 fully saturated rings. The van der Waals surface area contributed by atoms with Gasteiger partial charge in [-0.3, -0.25) is 4.79 Å². The molecule has 0 saturated heterocycles. The minimum Gasteiger partial charge on any atom is -0.481 e. The van der Waals surface area contributed by atoms with E-state index in [0.717, 1.165) is 30.6 Å². The Morgan fingerprint density at radius 2 is 1.13 bits per heavy atom. The fraction of sp³-hybridized carbons (Fsp3) is 0.952. The summed E-state index contributed by atoms with van der Waals surface area (Å²) in [5, 5.41) is 8.58. The van der Waals surface area contributed by atoms with Crippen LogP contribution in [0.1, 0.15) is 111 Å². The molecule has 0 bridgehead atoms. The molecule has 3 atom stereocenters. The van der Waals surface area contributed by atoms with Crippen LogP contribution in [0.15, 0.2) is 0 Å². The summed E-state index contributed by atoms with van der Waals surface area (Å²) >= 11 is 0. The Morgan fingerprint density at radius 3 is 1.65 bits per heavy atom. The van der Waals surface area contributed by atoms with Gasteiger partial charge in [-0.25, -0.2) is 0 Å². The van der Waals surface area contributed by atoms with Gasteiger partial charge in [0.15, 0.2) is 0 Å². The molecule has 2 nitrogen and oxygen atoms in total. The minimum absolute atomic E-state index is 0.340. The van der Waals surface area contributed by atoms with Crippen LogP contribution in [-0.2, 0) is 4.79 Å². The average Bonchev–Trinajstić information content (AvgIpc) is 2.52. The Kier molecular flexibility index (Phi) is 14.7. The molecule has 0 saturated carbocycles. The van der Waals surface area contributed by atoms with E-state index in [1.165, 1.54) is 64.2 Å². The van der Waals surface area contributed by atoms with E-state index in [1.54, 1.807) is 0 Å². The molecule has 0 aromatic carbocycles. The molecule has 3 unspecified atom stereocenters. The predicted molar refractivity (Wildman–Crippen MR) is 101 cm³/mol. The van der Waals surface area contributed by atoms with Crippen LogP contribution in [0.4, 0.5) is 0 Å². The molecule has 138 valence electrons. The SMILES string of the molecule is CCC(C)CCC(C)CCC(C)CCCCCCCCC(=O)O. The Labute approximate surface area is 145 Å². The first-order chi connectivity index (χ1) is 11.0. The van der Waals surface area contributed by atoms with Crippen LogP contribution >= 0.6 is 0 Å². The Balaban J connectivity index is 3.39. The molecule has 1 N–H and O–H groups in total. The number of carboxylic acids is 1. The van der Waals surface area contributed by atoms with E-state index in [1.807, 2.05) is 0 Å². The Bertz CT molecular complexity index is 275. The topological polar surface area (TPSA) is 37.3 Å². The van der Waals surface area contributed by atoms with Gasteiger partial charge in [-0.2, -0.15) is 0 Å². The molecular weight excluding hydrogens is 284 g/mol. The number of unbranched alkanes of at least 4 members (excludes halogenated alkanes) is 5. The van der Waals surface area contributed by atoms with E-state index in [-0.39, 0.29) is 0 Å². The van der Waals surface area contributed by atoms with Gasteiger partial charge in [0.05, 0.1) is 0 Å². The maximum Gasteiger partial charge on any atom is 0.303 e. The molecule has 0 amide bonds. The normalized spacial score (nSPS) is 15.3. The van der Waals surface area contributed by atoms with Crippen molar-refractivity contribution in [2.45, 2.75) is 111 Å². The highest BCUT2D eigenvalue weighted by Gasteiger charge is 2.08. The molecule has 0 aromatic rings. The smallest absolute Gasteiger partial charge is 0.303 e. The van der Waals surface area contributed by atoms with Gasteiger partial charge >= 0.3 is 5.97 Å². The lowest BCUT2D eigenvalue weighted by molar-refractivity contribution is -0.137. The first kappa shape index (κ1) is 22.5. The van der Waals surface area contributed by atoms with Crippen molar-refractivity contribution in [3.63, 3.8) is 0 Å². The monoisotopic (exact) mass is 326 g/mol. The third kappa shape index (κ3) is 16.1. The molecule has 2 heteroatoms. The molecule has 0 aromatic heterocycles. The van der Waals surface area contributed by atoms with Crippen LogP contribution in [-0.4, -0.2) is 11.1 Å². The largest absolute Gasteiger partial charge is 0.481 e. The van der Waals surface area contributed by atoms with E-state index in [2.05, 4.69) is 27.7 Å². The Hall–Kier alpha value is -0.530. The summed E-state index contributed by atoms with van der Waals surface area (Å²) in [6.07, 6.45) is 15.7. The molecule has 0 heterocycles. The average molecular weight is 327 g/mol. The quantitative estimate of drug-likeness (QED) is 0.308. The third-order valence-electron chi connectivity index (χ3n) is 5.34. The van der Waals surface area contributed by atoms with Crippen molar-refractivity contribution >= 4 is 5.97 Å². The van der Waals surface area contributed by atoms with Gasteiger partial charge in [-0.15, -0.1) is 0 Å². The molecule has 23 heavy (non-hydrogen) atoms. The molecule has 0 aliphatic carbocycles. The van der Waals surface area contributed by atoms with E-state index in [0.29, 0.717) is 6.42 Å². The highest BCUT2D eigenvalue weighted by Crippen LogP contribution is 2.23. The standard InChI is InChI=1S/C21H42O2/c1-5-18(2)14-15-20(4)17-16-19(3)12-10-8-6-7-9-11-13-21(22)23/h18-20H,5-17H2,1-4H3,(H,22,23). The van der Waals surface area contributed by atoms with Crippen molar-refractivity contribution in [2.24, 2.45) is 17.8 Å². The van der Waals surface area contributed by atoms with Crippen molar-refractivity contribution in [3.05, 3.63) is 0 Å². The number of carbonyl (C=O) groups is 1. The molecule has 0 spiro atoms. The molecule has 0 rings (SSSR count). The van der Waals surface area contributed by atoms with Crippen LogP contribution in [0.2, 0.25) is 0 Å². The molecular formula is C21H42O2. The second-order valence-electron chi connectivity index (χ2n) is 7.93. The molecule has 0 aliphatic heterocycles. The summed E-state index contributed by atoms with van der Waals surface area (Å²) in [5.41, 5.74) is 0. The van der Waals surface area contributed by atoms with E-state index in [9.17, 15) is 4.79 Å². The van der Waals surface area contributed by atoms with Gasteiger partial charge in [0.1, 0.15) is 0 Å². The second-order valence-corrected chi connectivity index (χ2v) is 7.93. The highest BCUT2D eigenvalue weighted by molar-refractivity contribution is 5.66. The minimum atomic E-state index is -0.655. The second kappa shape index (κ2) is 15.0.